The van der Waals surface area contributed by atoms with Crippen LogP contribution in [-0.4, -0.2) is 0 Å². The van der Waals surface area contributed by atoms with Gasteiger partial charge in [0.2, 0.25) is 0 Å². The maximum Gasteiger partial charge on any atom is 0.129 e. The number of hydrogen-bond acceptors (Lipinski definition) is 10. The van der Waals surface area contributed by atoms with Gasteiger partial charge in [0, 0.05) is 40.3 Å². The minimum atomic E-state index is 0.889. The van der Waals surface area contributed by atoms with Crippen LogP contribution in [0.1, 0.15) is 116 Å². The van der Waals surface area contributed by atoms with Crippen LogP contribution in [0, 0.1) is 0 Å². The predicted octanol–water partition coefficient (Wildman–Crippen LogP) is 7.70. The van der Waals surface area contributed by atoms with Crippen LogP contribution in [0.3, 0.4) is 0 Å². The molecule has 0 atom stereocenters. The summed E-state index contributed by atoms with van der Waals surface area (Å²) in [5.41, 5.74) is 0. The maximum absolute atomic E-state index is 4.53. The Morgan fingerprint density at radius 1 is 0.469 bits per heavy atom. The van der Waals surface area contributed by atoms with Crippen molar-refractivity contribution in [1.82, 2.24) is 0 Å². The molecule has 0 aliphatic heterocycles. The first-order valence-corrected chi connectivity index (χ1v) is 11.8. The fourth-order valence-electron chi connectivity index (χ4n) is 3.07. The minimum absolute atomic E-state index is 0.889. The lowest BCUT2D eigenvalue weighted by Crippen LogP contribution is -2.01. The standard InChI is InChI=1S/C22H42O10/c1-3-5-6-7-8-9-10-11-12-13-14-15-16-17-18-19-20-21-22-24-26-28-30-32-31-29-27-25-23-4-2/h4,21-22H,2-3,5-20H2,1H3. The van der Waals surface area contributed by atoms with Gasteiger partial charge in [-0.05, 0) is 18.9 Å². The molecule has 0 saturated carbocycles. The molecule has 0 aromatic rings. The van der Waals surface area contributed by atoms with Gasteiger partial charge in [-0.3, -0.25) is 0 Å². The van der Waals surface area contributed by atoms with Gasteiger partial charge in [-0.1, -0.05) is 110 Å². The Labute approximate surface area is 192 Å². The average molecular weight is 467 g/mol. The Kier molecular flexibility index (Phi) is 28.6. The molecule has 0 unspecified atom stereocenters. The molecule has 0 aromatic carbocycles. The van der Waals surface area contributed by atoms with Crippen molar-refractivity contribution in [2.45, 2.75) is 116 Å². The van der Waals surface area contributed by atoms with E-state index in [1.54, 1.807) is 0 Å². The summed E-state index contributed by atoms with van der Waals surface area (Å²) in [6.45, 7) is 5.43. The molecule has 0 radical (unpaired) electrons. The topological polar surface area (TPSA) is 92.3 Å². The minimum Gasteiger partial charge on any atom is -0.315 e. The molecule has 0 N–H and O–H groups in total. The summed E-state index contributed by atoms with van der Waals surface area (Å²) in [5.74, 6) is 0. The van der Waals surface area contributed by atoms with E-state index in [4.69, 9.17) is 0 Å². The summed E-state index contributed by atoms with van der Waals surface area (Å²) < 4.78 is 0. The highest BCUT2D eigenvalue weighted by Crippen LogP contribution is 2.14. The second-order valence-electron chi connectivity index (χ2n) is 7.37. The first-order chi connectivity index (χ1) is 15.9. The summed E-state index contributed by atoms with van der Waals surface area (Å²) in [4.78, 5) is 8.58. The third-order valence-electron chi connectivity index (χ3n) is 4.72. The molecule has 0 bridgehead atoms. The molecule has 0 aliphatic carbocycles. The van der Waals surface area contributed by atoms with Crippen molar-refractivity contribution in [2.75, 3.05) is 0 Å². The Morgan fingerprint density at radius 2 is 0.844 bits per heavy atom. The van der Waals surface area contributed by atoms with Crippen LogP contribution in [0.4, 0.5) is 0 Å². The van der Waals surface area contributed by atoms with Gasteiger partial charge in [-0.15, -0.1) is 0 Å². The highest BCUT2D eigenvalue weighted by atomic mass is 17.9. The second-order valence-corrected chi connectivity index (χ2v) is 7.37. The molecular formula is C22H42O10. The zero-order valence-corrected chi connectivity index (χ0v) is 19.5. The molecule has 190 valence electrons. The molecule has 0 amide bonds. The summed E-state index contributed by atoms with van der Waals surface area (Å²) in [6.07, 6.45) is 26.6. The number of rotatable bonds is 28. The first kappa shape index (κ1) is 30.8. The predicted molar refractivity (Wildman–Crippen MR) is 114 cm³/mol. The summed E-state index contributed by atoms with van der Waals surface area (Å²) in [7, 11) is 0. The highest BCUT2D eigenvalue weighted by molar-refractivity contribution is 4.71. The molecule has 0 spiro atoms. The first-order valence-electron chi connectivity index (χ1n) is 11.8. The quantitative estimate of drug-likeness (QED) is 0.0494. The molecule has 0 rings (SSSR count). The van der Waals surface area contributed by atoms with Crippen LogP contribution in [0.25, 0.3) is 0 Å². The van der Waals surface area contributed by atoms with Crippen molar-refractivity contribution in [3.8, 4) is 0 Å². The van der Waals surface area contributed by atoms with Gasteiger partial charge < -0.3 is 9.78 Å². The van der Waals surface area contributed by atoms with Crippen LogP contribution in [-0.2, 0) is 50.1 Å². The van der Waals surface area contributed by atoms with Gasteiger partial charge in [0.15, 0.2) is 0 Å². The van der Waals surface area contributed by atoms with Gasteiger partial charge in [0.1, 0.15) is 12.5 Å². The van der Waals surface area contributed by atoms with Gasteiger partial charge in [-0.2, -0.15) is 0 Å². The summed E-state index contributed by atoms with van der Waals surface area (Å²) in [6, 6.07) is 0. The van der Waals surface area contributed by atoms with Gasteiger partial charge in [0.25, 0.3) is 0 Å². The second kappa shape index (κ2) is 29.8. The molecule has 0 heterocycles. The van der Waals surface area contributed by atoms with E-state index < -0.39 is 0 Å². The molecule has 0 aliphatic rings. The Morgan fingerprint density at radius 3 is 1.28 bits per heavy atom. The highest BCUT2D eigenvalue weighted by Gasteiger charge is 1.96. The summed E-state index contributed by atoms with van der Waals surface area (Å²) >= 11 is 0. The lowest BCUT2D eigenvalue weighted by atomic mass is 10.0. The van der Waals surface area contributed by atoms with Crippen molar-refractivity contribution < 1.29 is 50.1 Å². The van der Waals surface area contributed by atoms with Crippen LogP contribution in [0.5, 0.6) is 0 Å². The molecule has 0 fully saturated rings. The molecule has 10 nitrogen and oxygen atoms in total. The zero-order chi connectivity index (χ0) is 23.2. The van der Waals surface area contributed by atoms with Crippen LogP contribution in [0.2, 0.25) is 0 Å². The van der Waals surface area contributed by atoms with Crippen LogP contribution in [0.15, 0.2) is 25.2 Å². The Hall–Kier alpha value is -1.24. The fourth-order valence-corrected chi connectivity index (χ4v) is 3.07. The Bertz CT molecular complexity index is 382. The third kappa shape index (κ3) is 28.8. The van der Waals surface area contributed by atoms with Crippen LogP contribution < -0.4 is 0 Å². The largest absolute Gasteiger partial charge is 0.315 e. The van der Waals surface area contributed by atoms with Crippen molar-refractivity contribution in [2.24, 2.45) is 0 Å². The number of hydrogen-bond donors (Lipinski definition) is 0. The van der Waals surface area contributed by atoms with E-state index in [9.17, 15) is 0 Å². The van der Waals surface area contributed by atoms with Crippen molar-refractivity contribution in [3.63, 3.8) is 0 Å². The smallest absolute Gasteiger partial charge is 0.129 e. The lowest BCUT2D eigenvalue weighted by molar-refractivity contribution is -0.841. The fraction of sp³-hybridized carbons (Fsp3) is 0.818. The normalized spacial score (nSPS) is 11.3. The van der Waals surface area contributed by atoms with Crippen LogP contribution >= 0.6 is 0 Å². The van der Waals surface area contributed by atoms with E-state index in [2.05, 4.69) is 63.6 Å². The monoisotopic (exact) mass is 466 g/mol. The van der Waals surface area contributed by atoms with E-state index in [1.807, 2.05) is 6.08 Å². The number of allylic oxidation sites excluding steroid dienone is 1. The molecule has 32 heavy (non-hydrogen) atoms. The van der Waals surface area contributed by atoms with Gasteiger partial charge in [-0.25, -0.2) is 0 Å². The lowest BCUT2D eigenvalue weighted by Gasteiger charge is -2.03. The van der Waals surface area contributed by atoms with Gasteiger partial charge in [0.05, 0.1) is 0 Å². The van der Waals surface area contributed by atoms with Crippen molar-refractivity contribution in [1.29, 1.82) is 0 Å². The summed E-state index contributed by atoms with van der Waals surface area (Å²) in [5, 5.41) is 30.9. The SMILES string of the molecule is C=COOOOOOOOOOC=CCCCCCCCCCCCCCCCCCC. The maximum atomic E-state index is 4.53. The Balaban J connectivity index is 3.06. The molecule has 0 aromatic heterocycles. The zero-order valence-electron chi connectivity index (χ0n) is 19.5. The van der Waals surface area contributed by atoms with Crippen molar-refractivity contribution >= 4 is 0 Å². The van der Waals surface area contributed by atoms with Gasteiger partial charge >= 0.3 is 0 Å². The molecule has 0 saturated heterocycles. The van der Waals surface area contributed by atoms with E-state index >= 15 is 0 Å². The average Bonchev–Trinajstić information content (AvgIpc) is 2.81. The molecule has 10 heteroatoms. The number of unbranched alkanes of at least 4 members (excludes halogenated alkanes) is 16. The molecular weight excluding hydrogens is 424 g/mol. The van der Waals surface area contributed by atoms with Crippen molar-refractivity contribution in [3.05, 3.63) is 25.2 Å². The van der Waals surface area contributed by atoms with E-state index in [-0.39, 0.29) is 0 Å². The van der Waals surface area contributed by atoms with E-state index in [1.165, 1.54) is 103 Å². The van der Waals surface area contributed by atoms with E-state index in [0.29, 0.717) is 0 Å². The third-order valence-corrected chi connectivity index (χ3v) is 4.72. The van der Waals surface area contributed by atoms with E-state index in [0.717, 1.165) is 19.1 Å².